The maximum Gasteiger partial charge on any atom is 0.401 e. The lowest BCUT2D eigenvalue weighted by Crippen LogP contribution is -2.37. The Labute approximate surface area is 170 Å². The van der Waals surface area contributed by atoms with Gasteiger partial charge in [0.15, 0.2) is 0 Å². The van der Waals surface area contributed by atoms with Crippen molar-refractivity contribution < 1.29 is 17.9 Å². The molecule has 0 spiro atoms. The summed E-state index contributed by atoms with van der Waals surface area (Å²) in [5, 5.41) is 4.99. The molecule has 0 radical (unpaired) electrons. The number of benzene rings is 1. The number of alkyl halides is 3. The summed E-state index contributed by atoms with van der Waals surface area (Å²) in [4.78, 5) is 13.1. The summed E-state index contributed by atoms with van der Waals surface area (Å²) in [7, 11) is 1.56. The molecular formula is C19H21F3N2O2S2. The molecule has 1 aliphatic rings. The van der Waals surface area contributed by atoms with Crippen LogP contribution in [-0.4, -0.2) is 37.8 Å². The van der Waals surface area contributed by atoms with Crippen LogP contribution >= 0.6 is 23.1 Å². The second-order valence-electron chi connectivity index (χ2n) is 6.88. The van der Waals surface area contributed by atoms with Crippen LogP contribution in [0.1, 0.15) is 30.5 Å². The molecule has 4 nitrogen and oxygen atoms in total. The van der Waals surface area contributed by atoms with E-state index in [9.17, 15) is 18.1 Å². The molecule has 2 atom stereocenters. The minimum Gasteiger partial charge on any atom is -0.372 e. The molecule has 0 amide bonds. The lowest BCUT2D eigenvalue weighted by atomic mass is 9.95. The second-order valence-corrected chi connectivity index (χ2v) is 9.17. The maximum atomic E-state index is 12.7. The monoisotopic (exact) mass is 430 g/mol. The first-order chi connectivity index (χ1) is 13.2. The number of halogens is 3. The van der Waals surface area contributed by atoms with Gasteiger partial charge in [-0.3, -0.25) is 4.90 Å². The van der Waals surface area contributed by atoms with Gasteiger partial charge >= 0.3 is 6.18 Å². The Hall–Kier alpha value is -1.42. The van der Waals surface area contributed by atoms with Crippen molar-refractivity contribution in [2.75, 3.05) is 26.7 Å². The molecule has 9 heteroatoms. The van der Waals surface area contributed by atoms with Crippen molar-refractivity contribution in [2.45, 2.75) is 40.3 Å². The molecular weight excluding hydrogens is 409 g/mol. The molecule has 1 aliphatic heterocycles. The van der Waals surface area contributed by atoms with Crippen LogP contribution in [0.25, 0.3) is 0 Å². The van der Waals surface area contributed by atoms with Crippen molar-refractivity contribution in [3.63, 3.8) is 0 Å². The Bertz CT molecular complexity index is 810. The van der Waals surface area contributed by atoms with Crippen LogP contribution in [0.3, 0.4) is 0 Å². The van der Waals surface area contributed by atoms with Gasteiger partial charge < -0.3 is 4.74 Å². The molecule has 0 bridgehead atoms. The molecule has 0 saturated carbocycles. The standard InChI is InChI=1S/C19H21F3N2O2S2/c1-13(23-25)14-3-5-16(6-4-14)28-17-9-15(10-27-17)18(26-2)7-8-24(11-18)12-19(20,21)22/h3-6,9-10,13H,7-8,11-12H2,1-2H3. The van der Waals surface area contributed by atoms with E-state index in [1.54, 1.807) is 37.1 Å². The number of methoxy groups -OCH3 is 1. The maximum absolute atomic E-state index is 12.7. The molecule has 0 N–H and O–H groups in total. The summed E-state index contributed by atoms with van der Waals surface area (Å²) < 4.78 is 44.9. The summed E-state index contributed by atoms with van der Waals surface area (Å²) in [6.45, 7) is 1.42. The number of nitroso groups, excluding NO2 is 1. The number of rotatable bonds is 7. The first-order valence-electron chi connectivity index (χ1n) is 8.78. The highest BCUT2D eigenvalue weighted by atomic mass is 32.2. The van der Waals surface area contributed by atoms with E-state index in [2.05, 4.69) is 5.18 Å². The van der Waals surface area contributed by atoms with Gasteiger partial charge in [0.05, 0.1) is 10.8 Å². The van der Waals surface area contributed by atoms with Gasteiger partial charge in [0, 0.05) is 25.1 Å². The first kappa shape index (κ1) is 21.3. The minimum atomic E-state index is -4.21. The third-order valence-corrected chi connectivity index (χ3v) is 7.03. The number of thiophene rings is 1. The molecule has 0 aliphatic carbocycles. The zero-order valence-electron chi connectivity index (χ0n) is 15.5. The molecule has 28 heavy (non-hydrogen) atoms. The van der Waals surface area contributed by atoms with Gasteiger partial charge in [-0.2, -0.15) is 18.1 Å². The normalized spacial score (nSPS) is 21.8. The SMILES string of the molecule is COC1(c2csc(Sc3ccc(C(C)N=O)cc3)c2)CCN(CC(F)(F)F)C1. The molecule has 2 aromatic rings. The van der Waals surface area contributed by atoms with Crippen LogP contribution in [-0.2, 0) is 10.3 Å². The number of nitrogens with zero attached hydrogens (tertiary/aromatic N) is 2. The number of ether oxygens (including phenoxy) is 1. The highest BCUT2D eigenvalue weighted by Gasteiger charge is 2.43. The Kier molecular flexibility index (Phi) is 6.48. The van der Waals surface area contributed by atoms with E-state index in [-0.39, 0.29) is 12.6 Å². The predicted molar refractivity (Wildman–Crippen MR) is 105 cm³/mol. The van der Waals surface area contributed by atoms with Crippen LogP contribution in [0.2, 0.25) is 0 Å². The number of hydrogen-bond donors (Lipinski definition) is 0. The first-order valence-corrected chi connectivity index (χ1v) is 10.5. The summed E-state index contributed by atoms with van der Waals surface area (Å²) in [6, 6.07) is 9.26. The van der Waals surface area contributed by atoms with Gasteiger partial charge in [0.1, 0.15) is 11.6 Å². The van der Waals surface area contributed by atoms with E-state index in [4.69, 9.17) is 4.74 Å². The Balaban J connectivity index is 1.70. The molecule has 1 saturated heterocycles. The van der Waals surface area contributed by atoms with Crippen LogP contribution in [0.4, 0.5) is 13.2 Å². The fraction of sp³-hybridized carbons (Fsp3) is 0.474. The molecule has 2 unspecified atom stereocenters. The van der Waals surface area contributed by atoms with E-state index in [0.29, 0.717) is 13.0 Å². The van der Waals surface area contributed by atoms with E-state index >= 15 is 0 Å². The third-order valence-electron chi connectivity index (χ3n) is 4.95. The van der Waals surface area contributed by atoms with Crippen molar-refractivity contribution in [1.29, 1.82) is 0 Å². The van der Waals surface area contributed by atoms with Gasteiger partial charge in [0.2, 0.25) is 0 Å². The average Bonchev–Trinajstić information content (AvgIpc) is 3.28. The highest BCUT2D eigenvalue weighted by Crippen LogP contribution is 2.42. The fourth-order valence-corrected chi connectivity index (χ4v) is 5.40. The highest BCUT2D eigenvalue weighted by molar-refractivity contribution is 8.01. The predicted octanol–water partition coefficient (Wildman–Crippen LogP) is 5.84. The smallest absolute Gasteiger partial charge is 0.372 e. The lowest BCUT2D eigenvalue weighted by molar-refractivity contribution is -0.146. The Morgan fingerprint density at radius 1 is 1.36 bits per heavy atom. The van der Waals surface area contributed by atoms with Gasteiger partial charge in [-0.25, -0.2) is 0 Å². The Morgan fingerprint density at radius 2 is 2.07 bits per heavy atom. The lowest BCUT2D eigenvalue weighted by Gasteiger charge is -2.27. The molecule has 2 heterocycles. The van der Waals surface area contributed by atoms with Crippen molar-refractivity contribution in [3.8, 4) is 0 Å². The summed E-state index contributed by atoms with van der Waals surface area (Å²) in [5.41, 5.74) is 1.08. The van der Waals surface area contributed by atoms with Crippen molar-refractivity contribution in [1.82, 2.24) is 4.90 Å². The van der Waals surface area contributed by atoms with Crippen LogP contribution < -0.4 is 0 Å². The van der Waals surface area contributed by atoms with E-state index in [1.165, 1.54) is 4.90 Å². The molecule has 1 aromatic carbocycles. The van der Waals surface area contributed by atoms with E-state index < -0.39 is 18.3 Å². The molecule has 152 valence electrons. The zero-order chi connectivity index (χ0) is 20.4. The third kappa shape index (κ3) is 4.94. The van der Waals surface area contributed by atoms with Crippen molar-refractivity contribution in [3.05, 3.63) is 51.7 Å². The van der Waals surface area contributed by atoms with Crippen LogP contribution in [0.5, 0.6) is 0 Å². The fourth-order valence-electron chi connectivity index (χ4n) is 3.37. The van der Waals surface area contributed by atoms with E-state index in [0.717, 1.165) is 20.2 Å². The molecule has 1 fully saturated rings. The quantitative estimate of drug-likeness (QED) is 0.518. The van der Waals surface area contributed by atoms with Crippen LogP contribution in [0, 0.1) is 4.91 Å². The number of hydrogen-bond acceptors (Lipinski definition) is 6. The molecule has 3 rings (SSSR count). The zero-order valence-corrected chi connectivity index (χ0v) is 17.2. The summed E-state index contributed by atoms with van der Waals surface area (Å²) in [6.07, 6.45) is -3.67. The minimum absolute atomic E-state index is 0.231. The number of likely N-dealkylation sites (tertiary alicyclic amines) is 1. The van der Waals surface area contributed by atoms with Gasteiger partial charge in [-0.1, -0.05) is 29.1 Å². The topological polar surface area (TPSA) is 41.9 Å². The second kappa shape index (κ2) is 8.52. The van der Waals surface area contributed by atoms with Gasteiger partial charge in [0.25, 0.3) is 0 Å². The van der Waals surface area contributed by atoms with Gasteiger partial charge in [-0.15, -0.1) is 11.3 Å². The van der Waals surface area contributed by atoms with Crippen molar-refractivity contribution >= 4 is 23.1 Å². The van der Waals surface area contributed by atoms with Crippen LogP contribution in [0.15, 0.2) is 50.0 Å². The largest absolute Gasteiger partial charge is 0.401 e. The van der Waals surface area contributed by atoms with E-state index in [1.807, 2.05) is 35.7 Å². The van der Waals surface area contributed by atoms with Gasteiger partial charge in [-0.05, 0) is 48.1 Å². The summed E-state index contributed by atoms with van der Waals surface area (Å²) in [5.74, 6) is 0. The summed E-state index contributed by atoms with van der Waals surface area (Å²) >= 11 is 3.12. The molecule has 1 aromatic heterocycles. The Morgan fingerprint density at radius 3 is 2.68 bits per heavy atom. The van der Waals surface area contributed by atoms with Crippen molar-refractivity contribution in [2.24, 2.45) is 5.18 Å². The average molecular weight is 431 g/mol.